The van der Waals surface area contributed by atoms with Gasteiger partial charge in [0.15, 0.2) is 12.2 Å². The summed E-state index contributed by atoms with van der Waals surface area (Å²) in [6.07, 6.45) is 0.00388. The van der Waals surface area contributed by atoms with Gasteiger partial charge >= 0.3 is 18.2 Å². The molecule has 3 rings (SSSR count). The van der Waals surface area contributed by atoms with Crippen molar-refractivity contribution in [1.82, 2.24) is 9.88 Å². The van der Waals surface area contributed by atoms with Crippen molar-refractivity contribution >= 4 is 18.2 Å². The molecule has 1 saturated heterocycles. The highest BCUT2D eigenvalue weighted by Crippen LogP contribution is 2.30. The summed E-state index contributed by atoms with van der Waals surface area (Å²) in [5, 5.41) is 0. The zero-order valence-corrected chi connectivity index (χ0v) is 21.8. The molecule has 0 aliphatic carbocycles. The van der Waals surface area contributed by atoms with Gasteiger partial charge in [-0.25, -0.2) is 14.6 Å². The summed E-state index contributed by atoms with van der Waals surface area (Å²) in [4.78, 5) is 43.1. The first-order chi connectivity index (χ1) is 16.7. The van der Waals surface area contributed by atoms with E-state index in [1.54, 1.807) is 47.7 Å². The lowest BCUT2D eigenvalue weighted by Crippen LogP contribution is -2.45. The van der Waals surface area contributed by atoms with Gasteiger partial charge in [-0.1, -0.05) is 12.1 Å². The van der Waals surface area contributed by atoms with E-state index in [9.17, 15) is 14.4 Å². The molecule has 0 saturated carbocycles. The van der Waals surface area contributed by atoms with Crippen LogP contribution in [-0.2, 0) is 30.2 Å². The molecule has 1 aliphatic heterocycles. The van der Waals surface area contributed by atoms with E-state index in [1.165, 1.54) is 18.1 Å². The van der Waals surface area contributed by atoms with Crippen LogP contribution < -0.4 is 0 Å². The summed E-state index contributed by atoms with van der Waals surface area (Å²) in [5.41, 5.74) is 0.128. The van der Waals surface area contributed by atoms with Crippen LogP contribution in [0.1, 0.15) is 54.0 Å². The summed E-state index contributed by atoms with van der Waals surface area (Å²) in [7, 11) is 0. The van der Waals surface area contributed by atoms with Crippen LogP contribution in [0.4, 0.5) is 9.59 Å². The first-order valence-corrected chi connectivity index (χ1v) is 11.8. The van der Waals surface area contributed by atoms with Gasteiger partial charge in [0, 0.05) is 12.5 Å². The van der Waals surface area contributed by atoms with Gasteiger partial charge in [0.2, 0.25) is 5.89 Å². The maximum absolute atomic E-state index is 13.1. The molecule has 1 aliphatic rings. The van der Waals surface area contributed by atoms with E-state index in [1.807, 2.05) is 24.3 Å². The van der Waals surface area contributed by atoms with E-state index < -0.39 is 47.7 Å². The van der Waals surface area contributed by atoms with Gasteiger partial charge in [-0.2, -0.15) is 0 Å². The number of carbonyl (C=O) groups is 3. The number of carbonyl (C=O) groups excluding carboxylic acids is 3. The fourth-order valence-corrected chi connectivity index (χ4v) is 3.85. The Morgan fingerprint density at radius 3 is 2.17 bits per heavy atom. The Hall–Kier alpha value is -3.56. The minimum Gasteiger partial charge on any atom is -0.456 e. The minimum absolute atomic E-state index is 0.0227. The molecule has 1 aromatic heterocycles. The molecule has 1 aromatic carbocycles. The van der Waals surface area contributed by atoms with Crippen LogP contribution in [0.3, 0.4) is 0 Å². The molecule has 36 heavy (non-hydrogen) atoms. The van der Waals surface area contributed by atoms with Crippen LogP contribution in [0.25, 0.3) is 11.5 Å². The van der Waals surface area contributed by atoms with Crippen molar-refractivity contribution in [3.8, 4) is 11.5 Å². The number of rotatable bonds is 5. The third kappa shape index (κ3) is 7.47. The van der Waals surface area contributed by atoms with Crippen molar-refractivity contribution in [3.63, 3.8) is 0 Å². The van der Waals surface area contributed by atoms with E-state index in [4.69, 9.17) is 23.4 Å². The Labute approximate surface area is 210 Å². The topological polar surface area (TPSA) is 117 Å². The summed E-state index contributed by atoms with van der Waals surface area (Å²) in [6, 6.07) is 6.80. The van der Waals surface area contributed by atoms with Crippen LogP contribution >= 0.6 is 0 Å². The number of ether oxygens (including phenoxy) is 4. The number of hydrogen-bond acceptors (Lipinski definition) is 9. The van der Waals surface area contributed by atoms with E-state index in [2.05, 4.69) is 4.98 Å². The van der Waals surface area contributed by atoms with Gasteiger partial charge < -0.3 is 23.4 Å². The van der Waals surface area contributed by atoms with Crippen molar-refractivity contribution in [2.75, 3.05) is 6.54 Å². The number of likely N-dealkylation sites (tertiary alicyclic amines) is 1. The molecular formula is C26H34N2O8. The highest BCUT2D eigenvalue weighted by atomic mass is 16.7. The summed E-state index contributed by atoms with van der Waals surface area (Å²) in [6.45, 7) is 11.7. The third-order valence-electron chi connectivity index (χ3n) is 5.17. The molecule has 1 fully saturated rings. The Morgan fingerprint density at radius 1 is 1.00 bits per heavy atom. The van der Waals surface area contributed by atoms with Crippen LogP contribution in [-0.4, -0.2) is 64.1 Å². The van der Waals surface area contributed by atoms with Crippen molar-refractivity contribution in [1.29, 1.82) is 0 Å². The maximum atomic E-state index is 13.1. The van der Waals surface area contributed by atoms with Gasteiger partial charge in [-0.3, -0.25) is 9.69 Å². The van der Waals surface area contributed by atoms with Crippen LogP contribution in [0.2, 0.25) is 0 Å². The lowest BCUT2D eigenvalue weighted by atomic mass is 10.00. The molecule has 0 spiro atoms. The highest BCUT2D eigenvalue weighted by Gasteiger charge is 2.49. The summed E-state index contributed by atoms with van der Waals surface area (Å²) >= 11 is 0. The predicted octanol–water partition coefficient (Wildman–Crippen LogP) is 4.76. The zero-order chi connectivity index (χ0) is 26.7. The van der Waals surface area contributed by atoms with Gasteiger partial charge in [-0.15, -0.1) is 0 Å². The lowest BCUT2D eigenvalue weighted by molar-refractivity contribution is -0.153. The predicted molar refractivity (Wildman–Crippen MR) is 129 cm³/mol. The van der Waals surface area contributed by atoms with Crippen LogP contribution in [0.5, 0.6) is 0 Å². The van der Waals surface area contributed by atoms with Crippen LogP contribution in [0, 0.1) is 0 Å². The summed E-state index contributed by atoms with van der Waals surface area (Å²) in [5.74, 6) is -0.0746. The van der Waals surface area contributed by atoms with E-state index in [-0.39, 0.29) is 6.54 Å². The molecule has 0 unspecified atom stereocenters. The molecule has 3 atom stereocenters. The first kappa shape index (κ1) is 27.0. The number of hydrogen-bond donors (Lipinski definition) is 0. The third-order valence-corrected chi connectivity index (χ3v) is 5.17. The Morgan fingerprint density at radius 2 is 1.64 bits per heavy atom. The van der Waals surface area contributed by atoms with Gasteiger partial charge in [-0.05, 0) is 65.7 Å². The average Bonchev–Trinajstić information content (AvgIpc) is 3.36. The van der Waals surface area contributed by atoms with Crippen molar-refractivity contribution in [2.24, 2.45) is 0 Å². The molecule has 2 aromatic rings. The number of benzene rings is 1. The SMILES string of the molecule is CC(=O)O[C@@H]1[C@@H](OC(=O)OC(C)(C)C)CN(C(=O)OC(C)(C)C)[C@@H]1Cc1ccc(-c2ncco2)cc1. The first-order valence-electron chi connectivity index (χ1n) is 11.8. The molecular weight excluding hydrogens is 468 g/mol. The highest BCUT2D eigenvalue weighted by molar-refractivity contribution is 5.71. The van der Waals surface area contributed by atoms with Crippen LogP contribution in [0.15, 0.2) is 41.1 Å². The van der Waals surface area contributed by atoms with Crippen molar-refractivity contribution in [3.05, 3.63) is 42.3 Å². The quantitative estimate of drug-likeness (QED) is 0.421. The fourth-order valence-electron chi connectivity index (χ4n) is 3.85. The fraction of sp³-hybridized carbons (Fsp3) is 0.538. The normalized spacial score (nSPS) is 20.1. The second-order valence-electron chi connectivity index (χ2n) is 10.6. The second kappa shape index (κ2) is 10.6. The van der Waals surface area contributed by atoms with E-state index in [0.29, 0.717) is 12.3 Å². The molecule has 2 heterocycles. The minimum atomic E-state index is -0.937. The second-order valence-corrected chi connectivity index (χ2v) is 10.6. The average molecular weight is 503 g/mol. The van der Waals surface area contributed by atoms with Gasteiger partial charge in [0.1, 0.15) is 17.5 Å². The smallest absolute Gasteiger partial charge is 0.456 e. The number of oxazole rings is 1. The van der Waals surface area contributed by atoms with Gasteiger partial charge in [0.05, 0.1) is 18.8 Å². The molecule has 10 heteroatoms. The monoisotopic (exact) mass is 502 g/mol. The molecule has 1 amide bonds. The molecule has 196 valence electrons. The summed E-state index contributed by atoms with van der Waals surface area (Å²) < 4.78 is 27.3. The zero-order valence-electron chi connectivity index (χ0n) is 21.8. The molecule has 10 nitrogen and oxygen atoms in total. The van der Waals surface area contributed by atoms with Crippen molar-refractivity contribution < 1.29 is 37.7 Å². The molecule has 0 bridgehead atoms. The standard InChI is InChI=1S/C26H34N2O8/c1-16(29)33-21-19(14-17-8-10-18(11-9-17)22-27-12-13-32-22)28(23(30)35-25(2,3)4)15-20(21)34-24(31)36-26(5,6)7/h8-13,19-21H,14-15H2,1-7H3/t19-,20+,21+/m1/s1. The largest absolute Gasteiger partial charge is 0.509 e. The number of aromatic nitrogens is 1. The van der Waals surface area contributed by atoms with E-state index in [0.717, 1.165) is 11.1 Å². The Bertz CT molecular complexity index is 1050. The van der Waals surface area contributed by atoms with Gasteiger partial charge in [0.25, 0.3) is 0 Å². The Balaban J connectivity index is 1.89. The molecule has 0 radical (unpaired) electrons. The number of nitrogens with zero attached hydrogens (tertiary/aromatic N) is 2. The Kier molecular flexibility index (Phi) is 7.96. The van der Waals surface area contributed by atoms with E-state index >= 15 is 0 Å². The number of amides is 1. The van der Waals surface area contributed by atoms with Crippen molar-refractivity contribution in [2.45, 2.75) is 84.3 Å². The molecule has 0 N–H and O–H groups in total. The number of esters is 1. The maximum Gasteiger partial charge on any atom is 0.509 e. The lowest BCUT2D eigenvalue weighted by Gasteiger charge is -2.30.